The van der Waals surface area contributed by atoms with E-state index < -0.39 is 0 Å². The first kappa shape index (κ1) is 11.4. The molecular formula is C11H8BrClN2O. The molecule has 0 unspecified atom stereocenters. The van der Waals surface area contributed by atoms with Gasteiger partial charge in [-0.2, -0.15) is 0 Å². The van der Waals surface area contributed by atoms with Gasteiger partial charge in [-0.15, -0.1) is 0 Å². The molecule has 1 aromatic heterocycles. The van der Waals surface area contributed by atoms with Crippen molar-refractivity contribution >= 4 is 27.5 Å². The second kappa shape index (κ2) is 4.80. The lowest BCUT2D eigenvalue weighted by Gasteiger charge is -2.06. The van der Waals surface area contributed by atoms with Crippen LogP contribution in [0.1, 0.15) is 5.56 Å². The molecule has 5 heteroatoms. The molecule has 16 heavy (non-hydrogen) atoms. The van der Waals surface area contributed by atoms with E-state index in [1.54, 1.807) is 0 Å². The molecule has 2 rings (SSSR count). The Morgan fingerprint density at radius 1 is 1.38 bits per heavy atom. The molecule has 82 valence electrons. The van der Waals surface area contributed by atoms with Crippen LogP contribution in [0.15, 0.2) is 35.2 Å². The number of benzene rings is 1. The third kappa shape index (κ3) is 2.51. The van der Waals surface area contributed by atoms with Crippen LogP contribution < -0.4 is 4.74 Å². The van der Waals surface area contributed by atoms with Gasteiger partial charge in [0.1, 0.15) is 17.1 Å². The minimum absolute atomic E-state index is 0.360. The van der Waals surface area contributed by atoms with Crippen molar-refractivity contribution in [2.75, 3.05) is 0 Å². The fourth-order valence-corrected chi connectivity index (χ4v) is 1.56. The molecule has 1 aromatic carbocycles. The number of aryl methyl sites for hydroxylation is 1. The van der Waals surface area contributed by atoms with Crippen molar-refractivity contribution in [3.63, 3.8) is 0 Å². The lowest BCUT2D eigenvalue weighted by atomic mass is 10.2. The zero-order valence-electron chi connectivity index (χ0n) is 8.45. The third-order valence-corrected chi connectivity index (χ3v) is 3.13. The lowest BCUT2D eigenvalue weighted by Crippen LogP contribution is -1.90. The zero-order valence-corrected chi connectivity index (χ0v) is 10.8. The molecule has 0 fully saturated rings. The van der Waals surface area contributed by atoms with Gasteiger partial charge in [0.15, 0.2) is 0 Å². The molecule has 0 aliphatic rings. The van der Waals surface area contributed by atoms with Crippen molar-refractivity contribution in [3.8, 4) is 11.6 Å². The van der Waals surface area contributed by atoms with E-state index in [4.69, 9.17) is 16.3 Å². The maximum atomic E-state index is 5.89. The van der Waals surface area contributed by atoms with E-state index >= 15 is 0 Å². The third-order valence-electron chi connectivity index (χ3n) is 1.98. The number of rotatable bonds is 2. The van der Waals surface area contributed by atoms with Crippen LogP contribution in [-0.4, -0.2) is 9.97 Å². The van der Waals surface area contributed by atoms with E-state index in [1.807, 2.05) is 25.1 Å². The molecule has 0 saturated carbocycles. The van der Waals surface area contributed by atoms with Gasteiger partial charge in [0.2, 0.25) is 5.88 Å². The number of ether oxygens (including phenoxy) is 1. The van der Waals surface area contributed by atoms with E-state index in [-0.39, 0.29) is 0 Å². The summed E-state index contributed by atoms with van der Waals surface area (Å²) in [4.78, 5) is 7.74. The zero-order chi connectivity index (χ0) is 11.5. The van der Waals surface area contributed by atoms with E-state index in [9.17, 15) is 0 Å². The first-order valence-corrected chi connectivity index (χ1v) is 5.73. The van der Waals surface area contributed by atoms with Crippen molar-refractivity contribution in [1.82, 2.24) is 9.97 Å². The average Bonchev–Trinajstić information content (AvgIpc) is 2.27. The molecule has 2 aromatic rings. The molecule has 1 heterocycles. The molecule has 0 N–H and O–H groups in total. The molecular weight excluding hydrogens is 291 g/mol. The summed E-state index contributed by atoms with van der Waals surface area (Å²) in [5, 5.41) is 0.392. The molecule has 0 bridgehead atoms. The SMILES string of the molecule is Cc1cc(Oc2ncncc2Cl)ccc1Br. The van der Waals surface area contributed by atoms with Crippen molar-refractivity contribution in [1.29, 1.82) is 0 Å². The highest BCUT2D eigenvalue weighted by Gasteiger charge is 2.05. The number of hydrogen-bond acceptors (Lipinski definition) is 3. The van der Waals surface area contributed by atoms with Crippen LogP contribution in [0.25, 0.3) is 0 Å². The van der Waals surface area contributed by atoms with Gasteiger partial charge in [-0.3, -0.25) is 0 Å². The van der Waals surface area contributed by atoms with Gasteiger partial charge in [0.05, 0.1) is 6.20 Å². The molecule has 0 radical (unpaired) electrons. The summed E-state index contributed by atoms with van der Waals surface area (Å²) < 4.78 is 6.58. The van der Waals surface area contributed by atoms with Crippen LogP contribution in [0.2, 0.25) is 5.02 Å². The Bertz CT molecular complexity index is 519. The summed E-state index contributed by atoms with van der Waals surface area (Å²) in [5.74, 6) is 1.06. The highest BCUT2D eigenvalue weighted by Crippen LogP contribution is 2.28. The Balaban J connectivity index is 2.28. The normalized spacial score (nSPS) is 10.2. The van der Waals surface area contributed by atoms with Crippen LogP contribution in [-0.2, 0) is 0 Å². The Hall–Kier alpha value is -1.13. The monoisotopic (exact) mass is 298 g/mol. The van der Waals surface area contributed by atoms with Crippen LogP contribution in [0.3, 0.4) is 0 Å². The van der Waals surface area contributed by atoms with Gasteiger partial charge in [0, 0.05) is 4.47 Å². The molecule has 0 saturated heterocycles. The number of aromatic nitrogens is 2. The summed E-state index contributed by atoms with van der Waals surface area (Å²) in [6.07, 6.45) is 2.89. The standard InChI is InChI=1S/C11H8BrClN2O/c1-7-4-8(2-3-9(7)12)16-11-10(13)5-14-6-15-11/h2-6H,1H3. The van der Waals surface area contributed by atoms with Gasteiger partial charge in [-0.1, -0.05) is 27.5 Å². The number of halogens is 2. The molecule has 0 aliphatic heterocycles. The van der Waals surface area contributed by atoms with Gasteiger partial charge >= 0.3 is 0 Å². The molecule has 0 atom stereocenters. The summed E-state index contributed by atoms with van der Waals surface area (Å²) in [5.41, 5.74) is 1.09. The van der Waals surface area contributed by atoms with Crippen LogP contribution in [0.5, 0.6) is 11.6 Å². The number of hydrogen-bond donors (Lipinski definition) is 0. The maximum Gasteiger partial charge on any atom is 0.241 e. The highest BCUT2D eigenvalue weighted by atomic mass is 79.9. The van der Waals surface area contributed by atoms with E-state index in [0.717, 1.165) is 10.0 Å². The minimum atomic E-state index is 0.360. The van der Waals surface area contributed by atoms with E-state index in [0.29, 0.717) is 16.7 Å². The average molecular weight is 300 g/mol. The van der Waals surface area contributed by atoms with E-state index in [2.05, 4.69) is 25.9 Å². The lowest BCUT2D eigenvalue weighted by molar-refractivity contribution is 0.461. The Morgan fingerprint density at radius 2 is 2.19 bits per heavy atom. The summed E-state index contributed by atoms with van der Waals surface area (Å²) in [6, 6.07) is 5.66. The summed E-state index contributed by atoms with van der Waals surface area (Å²) in [7, 11) is 0. The Kier molecular flexibility index (Phi) is 3.41. The van der Waals surface area contributed by atoms with Crippen LogP contribution in [0, 0.1) is 6.92 Å². The van der Waals surface area contributed by atoms with Crippen molar-refractivity contribution in [2.24, 2.45) is 0 Å². The largest absolute Gasteiger partial charge is 0.437 e. The van der Waals surface area contributed by atoms with Crippen molar-refractivity contribution in [2.45, 2.75) is 6.92 Å². The summed E-state index contributed by atoms with van der Waals surface area (Å²) >= 11 is 9.31. The van der Waals surface area contributed by atoms with E-state index in [1.165, 1.54) is 12.5 Å². The minimum Gasteiger partial charge on any atom is -0.437 e. The Morgan fingerprint density at radius 3 is 2.88 bits per heavy atom. The summed E-state index contributed by atoms with van der Waals surface area (Å²) in [6.45, 7) is 1.98. The maximum absolute atomic E-state index is 5.89. The number of nitrogens with zero attached hydrogens (tertiary/aromatic N) is 2. The molecule has 0 amide bonds. The predicted octanol–water partition coefficient (Wildman–Crippen LogP) is 3.99. The van der Waals surface area contributed by atoms with Crippen LogP contribution in [0.4, 0.5) is 0 Å². The highest BCUT2D eigenvalue weighted by molar-refractivity contribution is 9.10. The fourth-order valence-electron chi connectivity index (χ4n) is 1.17. The van der Waals surface area contributed by atoms with Gasteiger partial charge in [0.25, 0.3) is 0 Å². The van der Waals surface area contributed by atoms with Crippen molar-refractivity contribution < 1.29 is 4.74 Å². The quantitative estimate of drug-likeness (QED) is 0.841. The van der Waals surface area contributed by atoms with Crippen LogP contribution >= 0.6 is 27.5 Å². The van der Waals surface area contributed by atoms with Gasteiger partial charge in [-0.05, 0) is 30.7 Å². The molecule has 0 spiro atoms. The fraction of sp³-hybridized carbons (Fsp3) is 0.0909. The predicted molar refractivity (Wildman–Crippen MR) is 66.0 cm³/mol. The van der Waals surface area contributed by atoms with Gasteiger partial charge < -0.3 is 4.74 Å². The second-order valence-electron chi connectivity index (χ2n) is 3.19. The van der Waals surface area contributed by atoms with Gasteiger partial charge in [-0.25, -0.2) is 9.97 Å². The molecule has 0 aliphatic carbocycles. The molecule has 3 nitrogen and oxygen atoms in total. The second-order valence-corrected chi connectivity index (χ2v) is 4.45. The topological polar surface area (TPSA) is 35.0 Å². The first-order chi connectivity index (χ1) is 7.66. The smallest absolute Gasteiger partial charge is 0.241 e. The van der Waals surface area contributed by atoms with Crippen molar-refractivity contribution in [3.05, 3.63) is 45.8 Å². The first-order valence-electron chi connectivity index (χ1n) is 4.56. The Labute approximate surface area is 107 Å².